The average molecular weight is 522 g/mol. The Kier molecular flexibility index (Phi) is 6.89. The Hall–Kier alpha value is -4.40. The van der Waals surface area contributed by atoms with Crippen molar-refractivity contribution in [3.05, 3.63) is 108 Å². The molecule has 1 aliphatic rings. The SMILES string of the molecule is O=C(Nc1ccc(N2CCOCC2)cc1)c1cccc(-n2cc(Nc3cscc3-c3ccccc3)cn2)c1. The summed E-state index contributed by atoms with van der Waals surface area (Å²) in [5, 5.41) is 15.2. The molecule has 5 aromatic rings. The zero-order valence-corrected chi connectivity index (χ0v) is 21.5. The number of benzene rings is 3. The lowest BCUT2D eigenvalue weighted by atomic mass is 10.1. The molecule has 0 radical (unpaired) electrons. The summed E-state index contributed by atoms with van der Waals surface area (Å²) >= 11 is 1.66. The molecule has 0 unspecified atom stereocenters. The van der Waals surface area contributed by atoms with Crippen molar-refractivity contribution >= 4 is 40.0 Å². The summed E-state index contributed by atoms with van der Waals surface area (Å²) in [6.07, 6.45) is 3.71. The summed E-state index contributed by atoms with van der Waals surface area (Å²) in [6.45, 7) is 3.24. The van der Waals surface area contributed by atoms with Crippen LogP contribution in [0, 0.1) is 0 Å². The number of ether oxygens (including phenoxy) is 1. The van der Waals surface area contributed by atoms with Crippen molar-refractivity contribution in [1.29, 1.82) is 0 Å². The molecule has 8 heteroatoms. The number of hydrogen-bond acceptors (Lipinski definition) is 6. The van der Waals surface area contributed by atoms with Crippen molar-refractivity contribution in [3.63, 3.8) is 0 Å². The predicted octanol–water partition coefficient (Wildman–Crippen LogP) is 6.43. The third kappa shape index (κ3) is 5.32. The highest BCUT2D eigenvalue weighted by molar-refractivity contribution is 7.08. The first kappa shape index (κ1) is 24.0. The summed E-state index contributed by atoms with van der Waals surface area (Å²) in [5.74, 6) is -0.165. The van der Waals surface area contributed by atoms with E-state index in [-0.39, 0.29) is 5.91 Å². The molecular weight excluding hydrogens is 494 g/mol. The maximum absolute atomic E-state index is 13.0. The standard InChI is InChI=1S/C30H27N5O2S/c36-30(33-24-9-11-26(12-10-24)34-13-15-37-16-14-34)23-7-4-8-27(17-23)35-19-25(18-31-35)32-29-21-38-20-28(29)22-5-2-1-3-6-22/h1-12,17-21,32H,13-16H2,(H,33,36). The third-order valence-corrected chi connectivity index (χ3v) is 7.23. The Labute approximate surface area is 225 Å². The number of rotatable bonds is 7. The zero-order valence-electron chi connectivity index (χ0n) is 20.7. The minimum Gasteiger partial charge on any atom is -0.378 e. The van der Waals surface area contributed by atoms with Crippen LogP contribution in [0.3, 0.4) is 0 Å². The fourth-order valence-corrected chi connectivity index (χ4v) is 5.28. The van der Waals surface area contributed by atoms with Gasteiger partial charge in [-0.15, -0.1) is 11.3 Å². The first-order valence-electron chi connectivity index (χ1n) is 12.5. The van der Waals surface area contributed by atoms with Gasteiger partial charge in [-0.25, -0.2) is 4.68 Å². The molecule has 38 heavy (non-hydrogen) atoms. The van der Waals surface area contributed by atoms with Crippen molar-refractivity contribution in [2.45, 2.75) is 0 Å². The Morgan fingerprint density at radius 2 is 1.68 bits per heavy atom. The highest BCUT2D eigenvalue weighted by Gasteiger charge is 2.13. The Balaban J connectivity index is 1.13. The van der Waals surface area contributed by atoms with Gasteiger partial charge in [0.25, 0.3) is 5.91 Å². The van der Waals surface area contributed by atoms with Crippen molar-refractivity contribution in [2.24, 2.45) is 0 Å². The third-order valence-electron chi connectivity index (χ3n) is 6.48. The van der Waals surface area contributed by atoms with Crippen LogP contribution in [0.5, 0.6) is 0 Å². The van der Waals surface area contributed by atoms with E-state index < -0.39 is 0 Å². The molecule has 0 bridgehead atoms. The molecule has 7 nitrogen and oxygen atoms in total. The van der Waals surface area contributed by atoms with Crippen LogP contribution < -0.4 is 15.5 Å². The van der Waals surface area contributed by atoms with Gasteiger partial charge in [0.15, 0.2) is 0 Å². The van der Waals surface area contributed by atoms with Crippen molar-refractivity contribution < 1.29 is 9.53 Å². The fourth-order valence-electron chi connectivity index (χ4n) is 4.49. The highest BCUT2D eigenvalue weighted by Crippen LogP contribution is 2.33. The molecule has 190 valence electrons. The summed E-state index contributed by atoms with van der Waals surface area (Å²) in [4.78, 5) is 15.3. The molecule has 0 spiro atoms. The van der Waals surface area contributed by atoms with Gasteiger partial charge in [-0.05, 0) is 48.0 Å². The van der Waals surface area contributed by atoms with E-state index in [0.717, 1.165) is 65.9 Å². The van der Waals surface area contributed by atoms with Crippen LogP contribution in [0.2, 0.25) is 0 Å². The van der Waals surface area contributed by atoms with Crippen LogP contribution in [0.1, 0.15) is 10.4 Å². The quantitative estimate of drug-likeness (QED) is 0.258. The van der Waals surface area contributed by atoms with Crippen molar-refractivity contribution in [1.82, 2.24) is 9.78 Å². The van der Waals surface area contributed by atoms with E-state index in [1.54, 1.807) is 28.3 Å². The van der Waals surface area contributed by atoms with Gasteiger partial charge in [0, 0.05) is 46.4 Å². The van der Waals surface area contributed by atoms with Crippen molar-refractivity contribution in [3.8, 4) is 16.8 Å². The van der Waals surface area contributed by atoms with Gasteiger partial charge in [-0.1, -0.05) is 36.4 Å². The first-order valence-corrected chi connectivity index (χ1v) is 13.4. The van der Waals surface area contributed by atoms with E-state index in [1.165, 1.54) is 0 Å². The van der Waals surface area contributed by atoms with Crippen LogP contribution in [0.15, 0.2) is 102 Å². The number of hydrogen-bond donors (Lipinski definition) is 2. The largest absolute Gasteiger partial charge is 0.378 e. The monoisotopic (exact) mass is 521 g/mol. The van der Waals surface area contributed by atoms with Gasteiger partial charge in [-0.3, -0.25) is 4.79 Å². The Morgan fingerprint density at radius 3 is 2.50 bits per heavy atom. The summed E-state index contributed by atoms with van der Waals surface area (Å²) in [5.41, 5.74) is 7.49. The highest BCUT2D eigenvalue weighted by atomic mass is 32.1. The van der Waals surface area contributed by atoms with E-state index in [0.29, 0.717) is 5.56 Å². The molecule has 1 fully saturated rings. The van der Waals surface area contributed by atoms with E-state index in [9.17, 15) is 4.79 Å². The molecule has 0 aliphatic carbocycles. The minimum absolute atomic E-state index is 0.165. The molecule has 0 saturated carbocycles. The van der Waals surface area contributed by atoms with Crippen molar-refractivity contribution in [2.75, 3.05) is 41.8 Å². The second kappa shape index (κ2) is 10.9. The number of amides is 1. The topological polar surface area (TPSA) is 71.4 Å². The Bertz CT molecular complexity index is 1520. The molecule has 6 rings (SSSR count). The van der Waals surface area contributed by atoms with Crippen LogP contribution in [0.4, 0.5) is 22.7 Å². The predicted molar refractivity (Wildman–Crippen MR) is 154 cm³/mol. The number of thiophene rings is 1. The second-order valence-corrected chi connectivity index (χ2v) is 9.76. The van der Waals surface area contributed by atoms with Crippen LogP contribution >= 0.6 is 11.3 Å². The van der Waals surface area contributed by atoms with Crippen LogP contribution in [-0.2, 0) is 4.74 Å². The second-order valence-electron chi connectivity index (χ2n) is 9.01. The van der Waals surface area contributed by atoms with Gasteiger partial charge >= 0.3 is 0 Å². The van der Waals surface area contributed by atoms with E-state index in [2.05, 4.69) is 43.5 Å². The summed E-state index contributed by atoms with van der Waals surface area (Å²) in [6, 6.07) is 25.7. The average Bonchev–Trinajstić information content (AvgIpc) is 3.65. The van der Waals surface area contributed by atoms with Gasteiger partial charge in [0.2, 0.25) is 0 Å². The van der Waals surface area contributed by atoms with Gasteiger partial charge < -0.3 is 20.3 Å². The van der Waals surface area contributed by atoms with E-state index in [1.807, 2.05) is 66.9 Å². The lowest BCUT2D eigenvalue weighted by Crippen LogP contribution is -2.36. The number of carbonyl (C=O) groups is 1. The number of anilines is 4. The zero-order chi connectivity index (χ0) is 25.7. The van der Waals surface area contributed by atoms with E-state index in [4.69, 9.17) is 4.74 Å². The molecule has 3 heterocycles. The molecule has 0 atom stereocenters. The lowest BCUT2D eigenvalue weighted by molar-refractivity contribution is 0.102. The Morgan fingerprint density at radius 1 is 0.868 bits per heavy atom. The summed E-state index contributed by atoms with van der Waals surface area (Å²) in [7, 11) is 0. The summed E-state index contributed by atoms with van der Waals surface area (Å²) < 4.78 is 7.19. The smallest absolute Gasteiger partial charge is 0.255 e. The molecular formula is C30H27N5O2S. The number of nitrogens with zero attached hydrogens (tertiary/aromatic N) is 3. The molecule has 1 aliphatic heterocycles. The fraction of sp³-hybridized carbons (Fsp3) is 0.133. The normalized spacial score (nSPS) is 13.3. The molecule has 2 aromatic heterocycles. The molecule has 2 N–H and O–H groups in total. The van der Waals surface area contributed by atoms with Crippen LogP contribution in [-0.4, -0.2) is 42.0 Å². The maximum Gasteiger partial charge on any atom is 0.255 e. The van der Waals surface area contributed by atoms with Gasteiger partial charge in [0.1, 0.15) is 0 Å². The number of morpholine rings is 1. The molecule has 3 aromatic carbocycles. The first-order chi connectivity index (χ1) is 18.7. The number of carbonyl (C=O) groups excluding carboxylic acids is 1. The molecule has 1 saturated heterocycles. The van der Waals surface area contributed by atoms with Gasteiger partial charge in [-0.2, -0.15) is 5.10 Å². The minimum atomic E-state index is -0.165. The van der Waals surface area contributed by atoms with Crippen LogP contribution in [0.25, 0.3) is 16.8 Å². The number of aromatic nitrogens is 2. The lowest BCUT2D eigenvalue weighted by Gasteiger charge is -2.28. The maximum atomic E-state index is 13.0. The number of nitrogens with one attached hydrogen (secondary N) is 2. The van der Waals surface area contributed by atoms with Gasteiger partial charge in [0.05, 0.1) is 42.7 Å². The molecule has 1 amide bonds. The van der Waals surface area contributed by atoms with E-state index >= 15 is 0 Å².